The number of hydrogen-bond acceptors (Lipinski definition) is 2. The van der Waals surface area contributed by atoms with Gasteiger partial charge in [0.2, 0.25) is 0 Å². The summed E-state index contributed by atoms with van der Waals surface area (Å²) < 4.78 is 13.6. The van der Waals surface area contributed by atoms with Crippen molar-refractivity contribution < 1.29 is 9.18 Å². The van der Waals surface area contributed by atoms with Crippen molar-refractivity contribution >= 4 is 17.7 Å². The quantitative estimate of drug-likeness (QED) is 0.739. The highest BCUT2D eigenvalue weighted by atomic mass is 32.2. The molecule has 0 aliphatic carbocycles. The van der Waals surface area contributed by atoms with Gasteiger partial charge in [-0.2, -0.15) is 0 Å². The largest absolute Gasteiger partial charge is 0.334 e. The Hall–Kier alpha value is -1.81. The summed E-state index contributed by atoms with van der Waals surface area (Å²) in [6, 6.07) is 11.2. The third kappa shape index (κ3) is 3.59. The first-order chi connectivity index (χ1) is 11.9. The molecule has 132 valence electrons. The molecule has 0 fully saturated rings. The number of amides is 1. The van der Waals surface area contributed by atoms with E-state index in [-0.39, 0.29) is 23.8 Å². The Morgan fingerprint density at radius 3 is 2.44 bits per heavy atom. The molecule has 2 aromatic carbocycles. The zero-order chi connectivity index (χ0) is 18.1. The maximum absolute atomic E-state index is 13.6. The van der Waals surface area contributed by atoms with E-state index in [0.717, 1.165) is 39.3 Å². The Morgan fingerprint density at radius 1 is 1.04 bits per heavy atom. The van der Waals surface area contributed by atoms with Gasteiger partial charge in [0.25, 0.3) is 5.91 Å². The number of carbonyl (C=O) groups excluding carboxylic acids is 1. The van der Waals surface area contributed by atoms with Gasteiger partial charge in [0.1, 0.15) is 5.82 Å². The van der Waals surface area contributed by atoms with Crippen molar-refractivity contribution in [3.8, 4) is 0 Å². The number of aryl methyl sites for hydroxylation is 1. The SMILES string of the molecule is CC(C)N(C(=O)c1cccc2c1CCc1cc(F)ccc1S2)C(C)C. The Bertz CT molecular complexity index is 792. The molecule has 0 unspecified atom stereocenters. The van der Waals surface area contributed by atoms with Crippen LogP contribution in [0.1, 0.15) is 49.2 Å². The standard InChI is InChI=1S/C21H24FNOS/c1-13(2)23(14(3)4)21(24)18-6-5-7-20-17(18)10-8-15-12-16(22)9-11-19(15)25-20/h5-7,9,11-14H,8,10H2,1-4H3. The molecule has 0 aromatic heterocycles. The molecule has 4 heteroatoms. The Labute approximate surface area is 153 Å². The van der Waals surface area contributed by atoms with Gasteiger partial charge in [-0.25, -0.2) is 4.39 Å². The lowest BCUT2D eigenvalue weighted by Crippen LogP contribution is -2.42. The van der Waals surface area contributed by atoms with Gasteiger partial charge in [0.05, 0.1) is 0 Å². The van der Waals surface area contributed by atoms with Gasteiger partial charge >= 0.3 is 0 Å². The molecule has 3 rings (SSSR count). The van der Waals surface area contributed by atoms with Crippen molar-refractivity contribution in [2.24, 2.45) is 0 Å². The number of halogens is 1. The average Bonchev–Trinajstić information content (AvgIpc) is 2.72. The number of nitrogens with zero attached hydrogens (tertiary/aromatic N) is 1. The number of benzene rings is 2. The van der Waals surface area contributed by atoms with Gasteiger partial charge in [-0.1, -0.05) is 17.8 Å². The summed E-state index contributed by atoms with van der Waals surface area (Å²) in [5.41, 5.74) is 2.88. The van der Waals surface area contributed by atoms with Crippen LogP contribution < -0.4 is 0 Å². The molecule has 0 atom stereocenters. The summed E-state index contributed by atoms with van der Waals surface area (Å²) in [4.78, 5) is 17.3. The zero-order valence-electron chi connectivity index (χ0n) is 15.2. The first-order valence-corrected chi connectivity index (χ1v) is 9.61. The summed E-state index contributed by atoms with van der Waals surface area (Å²) in [5, 5.41) is 0. The van der Waals surface area contributed by atoms with Crippen LogP contribution in [0.5, 0.6) is 0 Å². The fourth-order valence-electron chi connectivity index (χ4n) is 3.54. The lowest BCUT2D eigenvalue weighted by atomic mass is 9.98. The van der Waals surface area contributed by atoms with Gasteiger partial charge in [-0.05, 0) is 82.0 Å². The van der Waals surface area contributed by atoms with Gasteiger partial charge in [-0.3, -0.25) is 4.79 Å². The topological polar surface area (TPSA) is 20.3 Å². The van der Waals surface area contributed by atoms with Crippen LogP contribution in [-0.4, -0.2) is 22.9 Å². The molecule has 1 aliphatic heterocycles. The molecule has 0 saturated carbocycles. The van der Waals surface area contributed by atoms with E-state index in [1.807, 2.05) is 50.8 Å². The van der Waals surface area contributed by atoms with Gasteiger partial charge in [-0.15, -0.1) is 0 Å². The smallest absolute Gasteiger partial charge is 0.254 e. The summed E-state index contributed by atoms with van der Waals surface area (Å²) in [6.07, 6.45) is 1.51. The number of hydrogen-bond donors (Lipinski definition) is 0. The summed E-state index contributed by atoms with van der Waals surface area (Å²) in [5.74, 6) is -0.119. The minimum atomic E-state index is -0.201. The van der Waals surface area contributed by atoms with E-state index >= 15 is 0 Å². The maximum atomic E-state index is 13.6. The van der Waals surface area contributed by atoms with Crippen LogP contribution in [0, 0.1) is 5.82 Å². The van der Waals surface area contributed by atoms with Crippen LogP contribution in [0.3, 0.4) is 0 Å². The van der Waals surface area contributed by atoms with Crippen molar-refractivity contribution in [2.45, 2.75) is 62.4 Å². The molecule has 0 bridgehead atoms. The normalized spacial score (nSPS) is 13.4. The molecule has 0 spiro atoms. The molecule has 0 N–H and O–H groups in total. The molecule has 1 heterocycles. The molecular formula is C21H24FNOS. The average molecular weight is 357 g/mol. The van der Waals surface area contributed by atoms with E-state index in [4.69, 9.17) is 0 Å². The van der Waals surface area contributed by atoms with Crippen molar-refractivity contribution in [3.05, 3.63) is 58.9 Å². The first kappa shape index (κ1) is 18.0. The third-order valence-electron chi connectivity index (χ3n) is 4.60. The molecule has 25 heavy (non-hydrogen) atoms. The van der Waals surface area contributed by atoms with E-state index in [1.165, 1.54) is 6.07 Å². The highest BCUT2D eigenvalue weighted by molar-refractivity contribution is 7.99. The van der Waals surface area contributed by atoms with Gasteiger partial charge in [0, 0.05) is 27.4 Å². The number of carbonyl (C=O) groups is 1. The summed E-state index contributed by atoms with van der Waals surface area (Å²) >= 11 is 1.63. The second-order valence-corrected chi connectivity index (χ2v) is 8.12. The van der Waals surface area contributed by atoms with E-state index in [9.17, 15) is 9.18 Å². The van der Waals surface area contributed by atoms with Crippen molar-refractivity contribution in [3.63, 3.8) is 0 Å². The molecule has 1 aliphatic rings. The number of rotatable bonds is 3. The van der Waals surface area contributed by atoms with Crippen molar-refractivity contribution in [1.29, 1.82) is 0 Å². The maximum Gasteiger partial charge on any atom is 0.254 e. The van der Waals surface area contributed by atoms with E-state index < -0.39 is 0 Å². The Kier molecular flexibility index (Phi) is 5.19. The van der Waals surface area contributed by atoms with Crippen LogP contribution in [0.2, 0.25) is 0 Å². The monoisotopic (exact) mass is 357 g/mol. The highest BCUT2D eigenvalue weighted by Crippen LogP contribution is 2.39. The second kappa shape index (κ2) is 7.20. The minimum absolute atomic E-state index is 0.0830. The van der Waals surface area contributed by atoms with E-state index in [1.54, 1.807) is 17.8 Å². The molecule has 1 amide bonds. The Morgan fingerprint density at radius 2 is 1.76 bits per heavy atom. The zero-order valence-corrected chi connectivity index (χ0v) is 16.0. The Balaban J connectivity index is 2.01. The van der Waals surface area contributed by atoms with Crippen LogP contribution in [0.4, 0.5) is 4.39 Å². The second-order valence-electron chi connectivity index (χ2n) is 7.04. The molecule has 0 saturated heterocycles. The predicted octanol–water partition coefficient (Wildman–Crippen LogP) is 5.33. The van der Waals surface area contributed by atoms with Crippen molar-refractivity contribution in [2.75, 3.05) is 0 Å². The first-order valence-electron chi connectivity index (χ1n) is 8.79. The molecular weight excluding hydrogens is 333 g/mol. The van der Waals surface area contributed by atoms with Gasteiger partial charge < -0.3 is 4.90 Å². The van der Waals surface area contributed by atoms with Crippen LogP contribution >= 0.6 is 11.8 Å². The van der Waals surface area contributed by atoms with Crippen molar-refractivity contribution in [1.82, 2.24) is 4.90 Å². The molecule has 0 radical (unpaired) electrons. The van der Waals surface area contributed by atoms with Crippen LogP contribution in [0.15, 0.2) is 46.2 Å². The summed E-state index contributed by atoms with van der Waals surface area (Å²) in [6.45, 7) is 8.19. The fraction of sp³-hybridized carbons (Fsp3) is 0.381. The minimum Gasteiger partial charge on any atom is -0.334 e. The van der Waals surface area contributed by atoms with Gasteiger partial charge in [0.15, 0.2) is 0 Å². The summed E-state index contributed by atoms with van der Waals surface area (Å²) in [7, 11) is 0. The van der Waals surface area contributed by atoms with E-state index in [0.29, 0.717) is 0 Å². The number of fused-ring (bicyclic) bond motifs is 2. The van der Waals surface area contributed by atoms with E-state index in [2.05, 4.69) is 6.07 Å². The van der Waals surface area contributed by atoms with Crippen LogP contribution in [0.25, 0.3) is 0 Å². The highest BCUT2D eigenvalue weighted by Gasteiger charge is 2.26. The lowest BCUT2D eigenvalue weighted by Gasteiger charge is -2.31. The van der Waals surface area contributed by atoms with Crippen LogP contribution in [-0.2, 0) is 12.8 Å². The third-order valence-corrected chi connectivity index (χ3v) is 5.82. The predicted molar refractivity (Wildman–Crippen MR) is 101 cm³/mol. The lowest BCUT2D eigenvalue weighted by molar-refractivity contribution is 0.0642. The molecule has 2 aromatic rings. The fourth-order valence-corrected chi connectivity index (χ4v) is 4.69. The molecule has 2 nitrogen and oxygen atoms in total.